The smallest absolute Gasteiger partial charge is 0.248 e. The van der Waals surface area contributed by atoms with Gasteiger partial charge < -0.3 is 19.6 Å². The van der Waals surface area contributed by atoms with Crippen molar-refractivity contribution in [2.24, 2.45) is 0 Å². The first-order valence-corrected chi connectivity index (χ1v) is 9.48. The molecule has 152 valence electrons. The summed E-state index contributed by atoms with van der Waals surface area (Å²) in [5.74, 6) is 0.287. The lowest BCUT2D eigenvalue weighted by Crippen LogP contribution is -2.49. The third kappa shape index (κ3) is 3.51. The van der Waals surface area contributed by atoms with Gasteiger partial charge >= 0.3 is 0 Å². The van der Waals surface area contributed by atoms with Crippen LogP contribution >= 0.6 is 0 Å². The van der Waals surface area contributed by atoms with Gasteiger partial charge in [0.25, 0.3) is 0 Å². The van der Waals surface area contributed by atoms with Gasteiger partial charge in [0.2, 0.25) is 5.91 Å². The number of carbonyl (C=O) groups excluding carboxylic acids is 1. The number of anilines is 1. The van der Waals surface area contributed by atoms with Gasteiger partial charge in [-0.1, -0.05) is 0 Å². The molecule has 0 radical (unpaired) electrons. The van der Waals surface area contributed by atoms with Gasteiger partial charge in [0.1, 0.15) is 12.4 Å². The van der Waals surface area contributed by atoms with Crippen LogP contribution in [0.2, 0.25) is 0 Å². The molecule has 1 saturated heterocycles. The molecule has 1 aliphatic rings. The summed E-state index contributed by atoms with van der Waals surface area (Å²) >= 11 is 0. The number of ether oxygens (including phenoxy) is 1. The molecule has 0 saturated carbocycles. The van der Waals surface area contributed by atoms with Crippen LogP contribution in [-0.2, 0) is 4.79 Å². The summed E-state index contributed by atoms with van der Waals surface area (Å²) in [4.78, 5) is 20.0. The van der Waals surface area contributed by atoms with Gasteiger partial charge in [-0.05, 0) is 31.2 Å². The van der Waals surface area contributed by atoms with E-state index in [0.29, 0.717) is 31.7 Å². The second-order valence-electron chi connectivity index (χ2n) is 7.01. The molecule has 0 aliphatic carbocycles. The molecule has 2 aromatic carbocycles. The molecule has 0 spiro atoms. The molecule has 1 aromatic heterocycles. The fourth-order valence-electron chi connectivity index (χ4n) is 3.81. The van der Waals surface area contributed by atoms with Gasteiger partial charge in [0.15, 0.2) is 11.6 Å². The molecular weight excluding hydrogens is 375 g/mol. The summed E-state index contributed by atoms with van der Waals surface area (Å²) in [6, 6.07) is 11.1. The van der Waals surface area contributed by atoms with E-state index < -0.39 is 12.4 Å². The first-order valence-electron chi connectivity index (χ1n) is 9.48. The Bertz CT molecular complexity index is 1040. The third-order valence-corrected chi connectivity index (χ3v) is 5.34. The Balaban J connectivity index is 1.59. The number of hydrogen-bond acceptors (Lipinski definition) is 5. The highest BCUT2D eigenvalue weighted by molar-refractivity contribution is 5.80. The van der Waals surface area contributed by atoms with Gasteiger partial charge in [-0.25, -0.2) is 9.37 Å². The predicted octanol–water partition coefficient (Wildman–Crippen LogP) is 2.12. The van der Waals surface area contributed by atoms with E-state index in [0.717, 1.165) is 22.7 Å². The molecule has 29 heavy (non-hydrogen) atoms. The monoisotopic (exact) mass is 398 g/mol. The fraction of sp³-hybridized carbons (Fsp3) is 0.333. The standard InChI is InChI=1S/C21H23FN4O3/c1-14-23-18-11-17(22)20(29-2)12-19(18)26(14)16-5-3-15(4-6-16)24-7-9-25(10-8-24)21(28)13-27/h3-6,11-12,27H,7-10,13H2,1-2H3. The second-order valence-corrected chi connectivity index (χ2v) is 7.01. The number of nitrogens with zero attached hydrogens (tertiary/aromatic N) is 4. The normalized spacial score (nSPS) is 14.5. The Hall–Kier alpha value is -3.13. The number of piperazine rings is 1. The molecule has 3 aromatic rings. The molecule has 4 rings (SSSR count). The molecule has 7 nitrogen and oxygen atoms in total. The van der Waals surface area contributed by atoms with Crippen molar-refractivity contribution < 1.29 is 19.0 Å². The highest BCUT2D eigenvalue weighted by atomic mass is 19.1. The van der Waals surface area contributed by atoms with Gasteiger partial charge in [0, 0.05) is 49.7 Å². The van der Waals surface area contributed by atoms with Crippen molar-refractivity contribution in [3.05, 3.63) is 48.0 Å². The van der Waals surface area contributed by atoms with E-state index in [2.05, 4.69) is 9.88 Å². The first-order chi connectivity index (χ1) is 14.0. The molecule has 1 amide bonds. The topological polar surface area (TPSA) is 70.8 Å². The highest BCUT2D eigenvalue weighted by Crippen LogP contribution is 2.28. The Labute approximate surface area is 167 Å². The summed E-state index contributed by atoms with van der Waals surface area (Å²) in [6.45, 7) is 4.07. The molecule has 0 bridgehead atoms. The lowest BCUT2D eigenvalue weighted by molar-refractivity contribution is -0.134. The van der Waals surface area contributed by atoms with Crippen molar-refractivity contribution in [1.29, 1.82) is 0 Å². The van der Waals surface area contributed by atoms with Crippen molar-refractivity contribution in [3.63, 3.8) is 0 Å². The van der Waals surface area contributed by atoms with E-state index in [4.69, 9.17) is 9.84 Å². The number of aliphatic hydroxyl groups is 1. The quantitative estimate of drug-likeness (QED) is 0.729. The maximum absolute atomic E-state index is 14.0. The molecule has 2 heterocycles. The van der Waals surface area contributed by atoms with E-state index in [1.807, 2.05) is 35.8 Å². The number of imidazole rings is 1. The third-order valence-electron chi connectivity index (χ3n) is 5.34. The van der Waals surface area contributed by atoms with E-state index >= 15 is 0 Å². The average molecular weight is 398 g/mol. The van der Waals surface area contributed by atoms with Crippen LogP contribution in [0.15, 0.2) is 36.4 Å². The number of aliphatic hydroxyl groups excluding tert-OH is 1. The molecule has 1 N–H and O–H groups in total. The zero-order valence-electron chi connectivity index (χ0n) is 16.4. The number of aryl methyl sites for hydroxylation is 1. The van der Waals surface area contributed by atoms with Crippen molar-refractivity contribution in [2.45, 2.75) is 6.92 Å². The van der Waals surface area contributed by atoms with Crippen LogP contribution in [0, 0.1) is 12.7 Å². The predicted molar refractivity (Wildman–Crippen MR) is 108 cm³/mol. The second kappa shape index (κ2) is 7.71. The number of hydrogen-bond donors (Lipinski definition) is 1. The number of aromatic nitrogens is 2. The Morgan fingerprint density at radius 1 is 1.14 bits per heavy atom. The summed E-state index contributed by atoms with van der Waals surface area (Å²) in [5, 5.41) is 9.00. The molecular formula is C21H23FN4O3. The molecule has 1 fully saturated rings. The average Bonchev–Trinajstić information content (AvgIpc) is 3.07. The summed E-state index contributed by atoms with van der Waals surface area (Å²) in [5.41, 5.74) is 3.35. The van der Waals surface area contributed by atoms with Crippen LogP contribution in [0.1, 0.15) is 5.82 Å². The maximum atomic E-state index is 14.0. The van der Waals surface area contributed by atoms with Crippen molar-refractivity contribution in [2.75, 3.05) is 44.8 Å². The van der Waals surface area contributed by atoms with Gasteiger partial charge in [-0.3, -0.25) is 9.36 Å². The summed E-state index contributed by atoms with van der Waals surface area (Å²) < 4.78 is 21.1. The van der Waals surface area contributed by atoms with Gasteiger partial charge in [-0.2, -0.15) is 0 Å². The van der Waals surface area contributed by atoms with Gasteiger partial charge in [-0.15, -0.1) is 0 Å². The number of benzene rings is 2. The number of carbonyl (C=O) groups is 1. The number of halogens is 1. The van der Waals surface area contributed by atoms with Crippen LogP contribution in [0.4, 0.5) is 10.1 Å². The van der Waals surface area contributed by atoms with Crippen molar-refractivity contribution >= 4 is 22.6 Å². The zero-order valence-corrected chi connectivity index (χ0v) is 16.4. The number of amides is 1. The lowest BCUT2D eigenvalue weighted by Gasteiger charge is -2.36. The molecule has 0 atom stereocenters. The first kappa shape index (κ1) is 19.2. The Morgan fingerprint density at radius 2 is 1.79 bits per heavy atom. The van der Waals surface area contributed by atoms with E-state index in [-0.39, 0.29) is 11.7 Å². The van der Waals surface area contributed by atoms with E-state index in [1.165, 1.54) is 13.2 Å². The molecule has 0 unspecified atom stereocenters. The van der Waals surface area contributed by atoms with Gasteiger partial charge in [0.05, 0.1) is 18.1 Å². The highest BCUT2D eigenvalue weighted by Gasteiger charge is 2.21. The van der Waals surface area contributed by atoms with Crippen molar-refractivity contribution in [1.82, 2.24) is 14.5 Å². The number of rotatable bonds is 4. The Morgan fingerprint density at radius 3 is 2.41 bits per heavy atom. The largest absolute Gasteiger partial charge is 0.494 e. The lowest BCUT2D eigenvalue weighted by atomic mass is 10.2. The fourth-order valence-corrected chi connectivity index (χ4v) is 3.81. The minimum Gasteiger partial charge on any atom is -0.494 e. The minimum absolute atomic E-state index is 0.186. The minimum atomic E-state index is -0.443. The van der Waals surface area contributed by atoms with Crippen LogP contribution in [0.5, 0.6) is 5.75 Å². The number of methoxy groups -OCH3 is 1. The molecule has 8 heteroatoms. The van der Waals surface area contributed by atoms with E-state index in [9.17, 15) is 9.18 Å². The Kier molecular flexibility index (Phi) is 5.10. The maximum Gasteiger partial charge on any atom is 0.248 e. The van der Waals surface area contributed by atoms with Crippen LogP contribution in [0.3, 0.4) is 0 Å². The molecule has 1 aliphatic heterocycles. The number of fused-ring (bicyclic) bond motifs is 1. The SMILES string of the molecule is COc1cc2c(cc1F)nc(C)n2-c1ccc(N2CCN(C(=O)CO)CC2)cc1. The zero-order chi connectivity index (χ0) is 20.5. The van der Waals surface area contributed by atoms with Crippen molar-refractivity contribution in [3.8, 4) is 11.4 Å². The van der Waals surface area contributed by atoms with Crippen LogP contribution in [0.25, 0.3) is 16.7 Å². The summed E-state index contributed by atoms with van der Waals surface area (Å²) in [7, 11) is 1.44. The van der Waals surface area contributed by atoms with E-state index in [1.54, 1.807) is 11.0 Å². The summed E-state index contributed by atoms with van der Waals surface area (Å²) in [6.07, 6.45) is 0. The van der Waals surface area contributed by atoms with Crippen LogP contribution in [-0.4, -0.2) is 65.4 Å². The van der Waals surface area contributed by atoms with Crippen LogP contribution < -0.4 is 9.64 Å².